The highest BCUT2D eigenvalue weighted by molar-refractivity contribution is 5.28. The normalized spacial score (nSPS) is 25.5. The van der Waals surface area contributed by atoms with E-state index in [1.165, 1.54) is 12.8 Å². The van der Waals surface area contributed by atoms with E-state index in [4.69, 9.17) is 0 Å². The molecule has 1 saturated carbocycles. The maximum absolute atomic E-state index is 4.29. The summed E-state index contributed by atoms with van der Waals surface area (Å²) in [5.74, 6) is 1.84. The van der Waals surface area contributed by atoms with Gasteiger partial charge in [0.05, 0.1) is 0 Å². The predicted molar refractivity (Wildman–Crippen MR) is 58.3 cm³/mol. The summed E-state index contributed by atoms with van der Waals surface area (Å²) < 4.78 is 2.24. The van der Waals surface area contributed by atoms with E-state index >= 15 is 0 Å². The zero-order valence-corrected chi connectivity index (χ0v) is 8.61. The van der Waals surface area contributed by atoms with Crippen LogP contribution in [0.25, 0.3) is 0 Å². The first kappa shape index (κ1) is 9.31. The van der Waals surface area contributed by atoms with Gasteiger partial charge in [0, 0.05) is 25.0 Å². The largest absolute Gasteiger partial charge is 0.352 e. The molecule has 0 aliphatic heterocycles. The van der Waals surface area contributed by atoms with Gasteiger partial charge in [0.15, 0.2) is 0 Å². The first-order valence-electron chi connectivity index (χ1n) is 5.19. The number of anilines is 1. The highest BCUT2D eigenvalue weighted by Gasteiger charge is 2.27. The van der Waals surface area contributed by atoms with Crippen LogP contribution in [0, 0.1) is 5.92 Å². The van der Waals surface area contributed by atoms with Crippen LogP contribution < -0.4 is 5.32 Å². The van der Waals surface area contributed by atoms with Crippen LogP contribution in [-0.2, 0) is 0 Å². The zero-order chi connectivity index (χ0) is 9.97. The molecule has 0 radical (unpaired) electrons. The van der Waals surface area contributed by atoms with Crippen molar-refractivity contribution in [3.63, 3.8) is 0 Å². The molecule has 1 aromatic heterocycles. The van der Waals surface area contributed by atoms with Crippen LogP contribution in [0.3, 0.4) is 0 Å². The van der Waals surface area contributed by atoms with Gasteiger partial charge in [-0.15, -0.1) is 6.58 Å². The third-order valence-corrected chi connectivity index (χ3v) is 2.82. The molecule has 1 heterocycles. The fraction of sp³-hybridized carbons (Fsp3) is 0.545. The smallest absolute Gasteiger partial charge is 0.203 e. The topological polar surface area (TPSA) is 29.9 Å². The molecule has 0 spiro atoms. The standard InChI is InChI=1S/C11H17N3/c1-3-4-12-11-13-5-6-14(11)10-7-9(2)8-10/h3,5-6,9-10H,1,4,7-8H2,2H3,(H,12,13). The summed E-state index contributed by atoms with van der Waals surface area (Å²) in [6.07, 6.45) is 8.32. The predicted octanol–water partition coefficient (Wildman–Crippen LogP) is 2.45. The van der Waals surface area contributed by atoms with Crippen LogP contribution >= 0.6 is 0 Å². The van der Waals surface area contributed by atoms with Crippen LogP contribution in [0.2, 0.25) is 0 Å². The minimum atomic E-state index is 0.653. The van der Waals surface area contributed by atoms with Crippen LogP contribution in [-0.4, -0.2) is 16.1 Å². The van der Waals surface area contributed by atoms with Gasteiger partial charge in [-0.2, -0.15) is 0 Å². The number of aromatic nitrogens is 2. The lowest BCUT2D eigenvalue weighted by atomic mass is 9.82. The fourth-order valence-electron chi connectivity index (χ4n) is 2.00. The van der Waals surface area contributed by atoms with Crippen LogP contribution in [0.1, 0.15) is 25.8 Å². The third kappa shape index (κ3) is 1.67. The number of hydrogen-bond acceptors (Lipinski definition) is 2. The van der Waals surface area contributed by atoms with Crippen molar-refractivity contribution >= 4 is 5.95 Å². The maximum atomic E-state index is 4.29. The molecule has 0 bridgehead atoms. The summed E-state index contributed by atoms with van der Waals surface area (Å²) in [6.45, 7) is 6.75. The van der Waals surface area contributed by atoms with Crippen molar-refractivity contribution in [3.8, 4) is 0 Å². The molecule has 1 fully saturated rings. The van der Waals surface area contributed by atoms with Gasteiger partial charge < -0.3 is 9.88 Å². The van der Waals surface area contributed by atoms with Crippen molar-refractivity contribution in [2.45, 2.75) is 25.8 Å². The Kier molecular flexibility index (Phi) is 2.57. The van der Waals surface area contributed by atoms with Gasteiger partial charge >= 0.3 is 0 Å². The van der Waals surface area contributed by atoms with E-state index < -0.39 is 0 Å². The molecule has 14 heavy (non-hydrogen) atoms. The van der Waals surface area contributed by atoms with Crippen molar-refractivity contribution in [2.75, 3.05) is 11.9 Å². The van der Waals surface area contributed by atoms with E-state index in [2.05, 4.69) is 34.6 Å². The molecule has 0 aromatic carbocycles. The number of rotatable bonds is 4. The molecule has 0 saturated heterocycles. The lowest BCUT2D eigenvalue weighted by Gasteiger charge is -2.34. The Hall–Kier alpha value is -1.25. The summed E-state index contributed by atoms with van der Waals surface area (Å²) in [5, 5.41) is 3.24. The molecule has 0 atom stereocenters. The van der Waals surface area contributed by atoms with Gasteiger partial charge in [-0.25, -0.2) is 4.98 Å². The first-order valence-corrected chi connectivity index (χ1v) is 5.19. The average Bonchev–Trinajstić information content (AvgIpc) is 2.57. The first-order chi connectivity index (χ1) is 6.81. The van der Waals surface area contributed by atoms with Gasteiger partial charge in [0.25, 0.3) is 0 Å². The molecule has 0 unspecified atom stereocenters. The second kappa shape index (κ2) is 3.86. The van der Waals surface area contributed by atoms with Crippen LogP contribution in [0.4, 0.5) is 5.95 Å². The Balaban J connectivity index is 2.02. The Morgan fingerprint density at radius 3 is 3.14 bits per heavy atom. The van der Waals surface area contributed by atoms with Crippen LogP contribution in [0.15, 0.2) is 25.0 Å². The Morgan fingerprint density at radius 1 is 1.71 bits per heavy atom. The SMILES string of the molecule is C=CCNc1nccn1C1CC(C)C1. The molecule has 76 valence electrons. The van der Waals surface area contributed by atoms with Crippen molar-refractivity contribution in [2.24, 2.45) is 5.92 Å². The maximum Gasteiger partial charge on any atom is 0.203 e. The molecule has 3 heteroatoms. The van der Waals surface area contributed by atoms with E-state index in [1.807, 2.05) is 12.3 Å². The second-order valence-corrected chi connectivity index (χ2v) is 4.06. The van der Waals surface area contributed by atoms with Crippen LogP contribution in [0.5, 0.6) is 0 Å². The monoisotopic (exact) mass is 191 g/mol. The van der Waals surface area contributed by atoms with Crippen molar-refractivity contribution in [1.82, 2.24) is 9.55 Å². The molecule has 1 aliphatic carbocycles. The zero-order valence-electron chi connectivity index (χ0n) is 8.61. The Morgan fingerprint density at radius 2 is 2.50 bits per heavy atom. The van der Waals surface area contributed by atoms with E-state index in [1.54, 1.807) is 0 Å². The average molecular weight is 191 g/mol. The molecule has 0 amide bonds. The third-order valence-electron chi connectivity index (χ3n) is 2.82. The lowest BCUT2D eigenvalue weighted by molar-refractivity contribution is 0.218. The summed E-state index contributed by atoms with van der Waals surface area (Å²) >= 11 is 0. The summed E-state index contributed by atoms with van der Waals surface area (Å²) in [4.78, 5) is 4.29. The molecule has 1 aromatic rings. The van der Waals surface area contributed by atoms with Crippen molar-refractivity contribution < 1.29 is 0 Å². The van der Waals surface area contributed by atoms with Crippen molar-refractivity contribution in [3.05, 3.63) is 25.0 Å². The quantitative estimate of drug-likeness (QED) is 0.741. The molecule has 3 nitrogen and oxygen atoms in total. The van der Waals surface area contributed by atoms with E-state index in [-0.39, 0.29) is 0 Å². The minimum absolute atomic E-state index is 0.653. The van der Waals surface area contributed by atoms with E-state index in [0.717, 1.165) is 18.4 Å². The highest BCUT2D eigenvalue weighted by atomic mass is 15.2. The summed E-state index contributed by atoms with van der Waals surface area (Å²) in [6, 6.07) is 0.653. The van der Waals surface area contributed by atoms with Gasteiger partial charge in [-0.1, -0.05) is 13.0 Å². The number of hydrogen-bond donors (Lipinski definition) is 1. The van der Waals surface area contributed by atoms with Gasteiger partial charge in [-0.3, -0.25) is 0 Å². The summed E-state index contributed by atoms with van der Waals surface area (Å²) in [5.41, 5.74) is 0. The number of nitrogens with one attached hydrogen (secondary N) is 1. The molecular formula is C11H17N3. The highest BCUT2D eigenvalue weighted by Crippen LogP contribution is 2.38. The van der Waals surface area contributed by atoms with Gasteiger partial charge in [-0.05, 0) is 18.8 Å². The van der Waals surface area contributed by atoms with E-state index in [9.17, 15) is 0 Å². The van der Waals surface area contributed by atoms with Gasteiger partial charge in [0.1, 0.15) is 0 Å². The fourth-order valence-corrected chi connectivity index (χ4v) is 2.00. The second-order valence-electron chi connectivity index (χ2n) is 4.06. The molecule has 1 N–H and O–H groups in total. The number of imidazole rings is 1. The lowest BCUT2D eigenvalue weighted by Crippen LogP contribution is -2.25. The Bertz CT molecular complexity index is 310. The minimum Gasteiger partial charge on any atom is -0.352 e. The molecule has 1 aliphatic rings. The number of nitrogens with zero attached hydrogens (tertiary/aromatic N) is 2. The Labute approximate surface area is 84.8 Å². The summed E-state index contributed by atoms with van der Waals surface area (Å²) in [7, 11) is 0. The molecular weight excluding hydrogens is 174 g/mol. The van der Waals surface area contributed by atoms with Gasteiger partial charge in [0.2, 0.25) is 5.95 Å². The van der Waals surface area contributed by atoms with Crippen molar-refractivity contribution in [1.29, 1.82) is 0 Å². The molecule has 2 rings (SSSR count). The van der Waals surface area contributed by atoms with E-state index in [0.29, 0.717) is 6.04 Å².